The number of rotatable bonds is 5. The summed E-state index contributed by atoms with van der Waals surface area (Å²) in [5, 5.41) is 8.47. The monoisotopic (exact) mass is 427 g/mol. The van der Waals surface area contributed by atoms with Crippen LogP contribution in [0.5, 0.6) is 11.8 Å². The van der Waals surface area contributed by atoms with Crippen LogP contribution in [0.3, 0.4) is 0 Å². The molecule has 1 saturated heterocycles. The molecule has 0 bridgehead atoms. The zero-order valence-corrected chi connectivity index (χ0v) is 18.0. The fourth-order valence-corrected chi connectivity index (χ4v) is 3.44. The van der Waals surface area contributed by atoms with Gasteiger partial charge in [0.15, 0.2) is 11.2 Å². The Morgan fingerprint density at radius 2 is 1.97 bits per heavy atom. The van der Waals surface area contributed by atoms with Gasteiger partial charge in [0, 0.05) is 32.0 Å². The van der Waals surface area contributed by atoms with E-state index < -0.39 is 0 Å². The van der Waals surface area contributed by atoms with Gasteiger partial charge in [0.05, 0.1) is 24.6 Å². The second kappa shape index (κ2) is 8.70. The van der Waals surface area contributed by atoms with E-state index in [2.05, 4.69) is 25.3 Å². The fourth-order valence-electron chi connectivity index (χ4n) is 3.44. The average Bonchev–Trinajstić information content (AvgIpc) is 3.18. The highest BCUT2D eigenvalue weighted by molar-refractivity contribution is 5.76. The Morgan fingerprint density at radius 3 is 2.65 bits per heavy atom. The third-order valence-corrected chi connectivity index (χ3v) is 4.99. The minimum Gasteiger partial charge on any atom is -0.481 e. The summed E-state index contributed by atoms with van der Waals surface area (Å²) < 4.78 is 18.1. The summed E-state index contributed by atoms with van der Waals surface area (Å²) in [5.74, 6) is 0.895. The molecule has 0 N–H and O–H groups in total. The van der Waals surface area contributed by atoms with E-state index in [0.29, 0.717) is 48.9 Å². The molecule has 4 rings (SSSR count). The lowest BCUT2D eigenvalue weighted by atomic mass is 10.1. The van der Waals surface area contributed by atoms with Crippen molar-refractivity contribution in [3.05, 3.63) is 24.2 Å². The van der Waals surface area contributed by atoms with Crippen LogP contribution in [0, 0.1) is 6.92 Å². The van der Waals surface area contributed by atoms with Gasteiger partial charge in [-0.2, -0.15) is 9.67 Å². The second-order valence-corrected chi connectivity index (χ2v) is 7.55. The largest absolute Gasteiger partial charge is 0.481 e. The maximum atomic E-state index is 12.1. The number of aromatic nitrogens is 6. The van der Waals surface area contributed by atoms with Gasteiger partial charge in [-0.1, -0.05) is 5.21 Å². The standard InChI is InChI=1S/C20H25N7O4/c1-12(2)30-20(28)26-9-7-14(8-10-26)31-19-17-18(21-11-22-19)27(25-24-17)15-5-6-16(29-4)23-13(15)3/h5-6,11-12,14H,7-10H2,1-4H3. The number of hydrogen-bond donors (Lipinski definition) is 0. The van der Waals surface area contributed by atoms with Crippen molar-refractivity contribution in [2.24, 2.45) is 0 Å². The van der Waals surface area contributed by atoms with Crippen molar-refractivity contribution in [3.63, 3.8) is 0 Å². The molecule has 1 aliphatic rings. The molecule has 1 fully saturated rings. The first kappa shape index (κ1) is 20.8. The van der Waals surface area contributed by atoms with Crippen molar-refractivity contribution < 1.29 is 19.0 Å². The summed E-state index contributed by atoms with van der Waals surface area (Å²) in [5.41, 5.74) is 2.47. The lowest BCUT2D eigenvalue weighted by Gasteiger charge is -2.31. The molecule has 4 heterocycles. The molecule has 0 aliphatic carbocycles. The Morgan fingerprint density at radius 1 is 1.19 bits per heavy atom. The number of hydrogen-bond acceptors (Lipinski definition) is 9. The summed E-state index contributed by atoms with van der Waals surface area (Å²) >= 11 is 0. The molecular weight excluding hydrogens is 402 g/mol. The lowest BCUT2D eigenvalue weighted by Crippen LogP contribution is -2.42. The minimum atomic E-state index is -0.288. The maximum absolute atomic E-state index is 12.1. The highest BCUT2D eigenvalue weighted by Gasteiger charge is 2.27. The summed E-state index contributed by atoms with van der Waals surface area (Å²) in [6, 6.07) is 3.61. The van der Waals surface area contributed by atoms with Gasteiger partial charge in [0.1, 0.15) is 12.4 Å². The molecule has 31 heavy (non-hydrogen) atoms. The van der Waals surface area contributed by atoms with Crippen LogP contribution in [0.4, 0.5) is 4.79 Å². The first-order valence-electron chi connectivity index (χ1n) is 10.2. The van der Waals surface area contributed by atoms with E-state index >= 15 is 0 Å². The van der Waals surface area contributed by atoms with Crippen molar-refractivity contribution in [2.75, 3.05) is 20.2 Å². The zero-order valence-electron chi connectivity index (χ0n) is 18.0. The van der Waals surface area contributed by atoms with Crippen molar-refractivity contribution in [2.45, 2.75) is 45.8 Å². The minimum absolute atomic E-state index is 0.0873. The van der Waals surface area contributed by atoms with Crippen LogP contribution in [-0.2, 0) is 4.74 Å². The van der Waals surface area contributed by atoms with Gasteiger partial charge in [-0.3, -0.25) is 0 Å². The number of amides is 1. The molecule has 3 aromatic rings. The average molecular weight is 427 g/mol. The van der Waals surface area contributed by atoms with Gasteiger partial charge in [-0.25, -0.2) is 14.8 Å². The molecule has 164 valence electrons. The predicted octanol–water partition coefficient (Wildman–Crippen LogP) is 2.31. The number of carbonyl (C=O) groups excluding carboxylic acids is 1. The SMILES string of the molecule is COc1ccc(-n2nnc3c(OC4CCN(C(=O)OC(C)C)CC4)ncnc32)c(C)n1. The number of pyridine rings is 1. The molecule has 1 aliphatic heterocycles. The van der Waals surface area contributed by atoms with Gasteiger partial charge in [-0.15, -0.1) is 5.10 Å². The molecule has 3 aromatic heterocycles. The molecule has 0 atom stereocenters. The number of likely N-dealkylation sites (tertiary alicyclic amines) is 1. The van der Waals surface area contributed by atoms with Gasteiger partial charge in [0.2, 0.25) is 11.8 Å². The van der Waals surface area contributed by atoms with E-state index in [1.807, 2.05) is 26.8 Å². The normalized spacial score (nSPS) is 14.8. The highest BCUT2D eigenvalue weighted by Crippen LogP contribution is 2.26. The van der Waals surface area contributed by atoms with Crippen LogP contribution in [-0.4, -0.2) is 73.3 Å². The molecule has 0 saturated carbocycles. The number of ether oxygens (including phenoxy) is 3. The van der Waals surface area contributed by atoms with Gasteiger partial charge in [-0.05, 0) is 26.8 Å². The first-order chi connectivity index (χ1) is 15.0. The van der Waals surface area contributed by atoms with E-state index in [4.69, 9.17) is 14.2 Å². The first-order valence-corrected chi connectivity index (χ1v) is 10.2. The third kappa shape index (κ3) is 4.35. The zero-order chi connectivity index (χ0) is 22.0. The van der Waals surface area contributed by atoms with Crippen molar-refractivity contribution >= 4 is 17.3 Å². The van der Waals surface area contributed by atoms with Gasteiger partial charge < -0.3 is 19.1 Å². The summed E-state index contributed by atoms with van der Waals surface area (Å²) in [6.45, 7) is 6.67. The Balaban J connectivity index is 1.50. The molecule has 0 radical (unpaired) electrons. The Labute approximate surface area is 179 Å². The quantitative estimate of drug-likeness (QED) is 0.604. The molecular formula is C20H25N7O4. The molecule has 11 heteroatoms. The van der Waals surface area contributed by atoms with E-state index in [1.54, 1.807) is 22.8 Å². The van der Waals surface area contributed by atoms with Crippen molar-refractivity contribution in [1.82, 2.24) is 34.8 Å². The van der Waals surface area contributed by atoms with E-state index in [9.17, 15) is 4.79 Å². The summed E-state index contributed by atoms with van der Waals surface area (Å²) in [7, 11) is 1.57. The maximum Gasteiger partial charge on any atom is 0.410 e. The Hall–Kier alpha value is -3.50. The number of piperidine rings is 1. The van der Waals surface area contributed by atoms with Crippen LogP contribution in [0.15, 0.2) is 18.5 Å². The highest BCUT2D eigenvalue weighted by atomic mass is 16.6. The molecule has 1 amide bonds. The smallest absolute Gasteiger partial charge is 0.410 e. The number of methoxy groups -OCH3 is 1. The number of carbonyl (C=O) groups is 1. The van der Waals surface area contributed by atoms with Gasteiger partial charge in [0.25, 0.3) is 0 Å². The number of fused-ring (bicyclic) bond motifs is 1. The van der Waals surface area contributed by atoms with Crippen molar-refractivity contribution in [3.8, 4) is 17.4 Å². The molecule has 11 nitrogen and oxygen atoms in total. The van der Waals surface area contributed by atoms with Crippen LogP contribution >= 0.6 is 0 Å². The molecule has 0 aromatic carbocycles. The topological polar surface area (TPSA) is 117 Å². The fraction of sp³-hybridized carbons (Fsp3) is 0.500. The molecule has 0 spiro atoms. The van der Waals surface area contributed by atoms with Crippen LogP contribution < -0.4 is 9.47 Å². The summed E-state index contributed by atoms with van der Waals surface area (Å²) in [6.07, 6.45) is 2.27. The predicted molar refractivity (Wildman–Crippen MR) is 110 cm³/mol. The van der Waals surface area contributed by atoms with E-state index in [1.165, 1.54) is 6.33 Å². The van der Waals surface area contributed by atoms with Gasteiger partial charge >= 0.3 is 6.09 Å². The Bertz CT molecular complexity index is 1080. The third-order valence-electron chi connectivity index (χ3n) is 4.99. The van der Waals surface area contributed by atoms with Crippen molar-refractivity contribution in [1.29, 1.82) is 0 Å². The number of nitrogens with zero attached hydrogens (tertiary/aromatic N) is 7. The lowest BCUT2D eigenvalue weighted by molar-refractivity contribution is 0.0510. The second-order valence-electron chi connectivity index (χ2n) is 7.55. The molecule has 0 unspecified atom stereocenters. The van der Waals surface area contributed by atoms with Crippen LogP contribution in [0.25, 0.3) is 16.9 Å². The number of aryl methyl sites for hydroxylation is 1. The van der Waals surface area contributed by atoms with Crippen LogP contribution in [0.1, 0.15) is 32.4 Å². The van der Waals surface area contributed by atoms with Crippen LogP contribution in [0.2, 0.25) is 0 Å². The van der Waals surface area contributed by atoms with E-state index in [0.717, 1.165) is 11.4 Å². The Kier molecular flexibility index (Phi) is 5.83. The summed E-state index contributed by atoms with van der Waals surface area (Å²) in [4.78, 5) is 26.7. The van der Waals surface area contributed by atoms with E-state index in [-0.39, 0.29) is 18.3 Å².